The number of aryl methyl sites for hydroxylation is 1. The molecule has 0 fully saturated rings. The van der Waals surface area contributed by atoms with Crippen LogP contribution in [0.3, 0.4) is 0 Å². The first-order chi connectivity index (χ1) is 15.6. The number of halogens is 2. The largest absolute Gasteiger partial charge is 0.488 e. The van der Waals surface area contributed by atoms with Gasteiger partial charge in [-0.05, 0) is 87.6 Å². The summed E-state index contributed by atoms with van der Waals surface area (Å²) < 4.78 is 33.5. The van der Waals surface area contributed by atoms with Crippen LogP contribution in [0.2, 0.25) is 0 Å². The van der Waals surface area contributed by atoms with Gasteiger partial charge in [-0.3, -0.25) is 0 Å². The first-order valence-electron chi connectivity index (χ1n) is 11.7. The second kappa shape index (κ2) is 11.2. The van der Waals surface area contributed by atoms with Gasteiger partial charge in [0, 0.05) is 18.5 Å². The van der Waals surface area contributed by atoms with Gasteiger partial charge in [-0.25, -0.2) is 4.39 Å². The molecule has 33 heavy (non-hydrogen) atoms. The molecule has 6 heteroatoms. The molecule has 0 bridgehead atoms. The summed E-state index contributed by atoms with van der Waals surface area (Å²) >= 11 is 0. The van der Waals surface area contributed by atoms with Gasteiger partial charge < -0.3 is 20.0 Å². The molecule has 2 aromatic rings. The van der Waals surface area contributed by atoms with Gasteiger partial charge in [0.2, 0.25) is 5.82 Å². The van der Waals surface area contributed by atoms with E-state index in [-0.39, 0.29) is 30.2 Å². The third-order valence-electron chi connectivity index (χ3n) is 6.23. The van der Waals surface area contributed by atoms with Crippen molar-refractivity contribution in [2.45, 2.75) is 70.9 Å². The first kappa shape index (κ1) is 25.3. The van der Waals surface area contributed by atoms with Crippen molar-refractivity contribution >= 4 is 5.78 Å². The Morgan fingerprint density at radius 1 is 1.21 bits per heavy atom. The molecule has 1 aliphatic carbocycles. The highest BCUT2D eigenvalue weighted by Gasteiger charge is 2.28. The van der Waals surface area contributed by atoms with E-state index in [1.54, 1.807) is 0 Å². The van der Waals surface area contributed by atoms with Crippen molar-refractivity contribution in [2.24, 2.45) is 5.92 Å². The zero-order valence-electron chi connectivity index (χ0n) is 19.8. The molecule has 2 aromatic carbocycles. The molecule has 0 heterocycles. The van der Waals surface area contributed by atoms with Gasteiger partial charge in [0.1, 0.15) is 18.5 Å². The van der Waals surface area contributed by atoms with E-state index >= 15 is 0 Å². The molecule has 0 radical (unpaired) electrons. The lowest BCUT2D eigenvalue weighted by Gasteiger charge is -2.30. The standard InChI is InChI=1S/C27H35F2NO3/c1-18(31)7-6-8-19-13-24(28)26(29)25(14-19)33-17-23(32)16-30-27(2,3)15-20-11-21-9-4-5-10-22(21)12-20/h4-5,9-10,13-14,20,23,30,32H,6-8,11-12,15-17H2,1-3H3/t23-/m1/s1. The molecule has 0 spiro atoms. The predicted molar refractivity (Wildman–Crippen MR) is 126 cm³/mol. The SMILES string of the molecule is CC(=O)CCCc1cc(F)c(F)c(OC[C@H](O)CNC(C)(C)CC2Cc3ccccc3C2)c1. The van der Waals surface area contributed by atoms with E-state index < -0.39 is 17.7 Å². The minimum Gasteiger partial charge on any atom is -0.488 e. The third-order valence-corrected chi connectivity index (χ3v) is 6.23. The highest BCUT2D eigenvalue weighted by molar-refractivity contribution is 5.75. The minimum atomic E-state index is -1.06. The Bertz CT molecular complexity index is 935. The van der Waals surface area contributed by atoms with Gasteiger partial charge in [-0.1, -0.05) is 24.3 Å². The van der Waals surface area contributed by atoms with Crippen LogP contribution < -0.4 is 10.1 Å². The van der Waals surface area contributed by atoms with Crippen molar-refractivity contribution in [1.29, 1.82) is 0 Å². The highest BCUT2D eigenvalue weighted by Crippen LogP contribution is 2.32. The van der Waals surface area contributed by atoms with E-state index in [1.807, 2.05) is 0 Å². The van der Waals surface area contributed by atoms with Crippen LogP contribution in [-0.4, -0.2) is 35.7 Å². The number of carbonyl (C=O) groups is 1. The summed E-state index contributed by atoms with van der Waals surface area (Å²) in [4.78, 5) is 11.1. The second-order valence-corrected chi connectivity index (χ2v) is 9.92. The Balaban J connectivity index is 1.46. The lowest BCUT2D eigenvalue weighted by Crippen LogP contribution is -2.46. The Morgan fingerprint density at radius 3 is 2.52 bits per heavy atom. The number of Topliss-reactive ketones (excluding diaryl/α,β-unsaturated/α-hetero) is 1. The number of β-amino-alcohol motifs (C(OH)–C–C–N with tert-alkyl or cyclic N) is 1. The summed E-state index contributed by atoms with van der Waals surface area (Å²) in [5.74, 6) is -1.65. The van der Waals surface area contributed by atoms with Crippen molar-refractivity contribution in [3.05, 3.63) is 64.7 Å². The molecule has 180 valence electrons. The van der Waals surface area contributed by atoms with Gasteiger partial charge in [-0.15, -0.1) is 0 Å². The lowest BCUT2D eigenvalue weighted by molar-refractivity contribution is -0.117. The molecule has 0 amide bonds. The average molecular weight is 460 g/mol. The topological polar surface area (TPSA) is 58.6 Å². The number of nitrogens with one attached hydrogen (secondary N) is 1. The van der Waals surface area contributed by atoms with Crippen molar-refractivity contribution in [3.8, 4) is 5.75 Å². The van der Waals surface area contributed by atoms with E-state index in [1.165, 1.54) is 24.1 Å². The van der Waals surface area contributed by atoms with Crippen molar-refractivity contribution < 1.29 is 23.4 Å². The molecule has 0 aliphatic heterocycles. The summed E-state index contributed by atoms with van der Waals surface area (Å²) in [6.45, 7) is 5.87. The number of hydrogen-bond donors (Lipinski definition) is 2. The molecule has 4 nitrogen and oxygen atoms in total. The van der Waals surface area contributed by atoms with E-state index in [0.717, 1.165) is 25.3 Å². The van der Waals surface area contributed by atoms with Gasteiger partial charge in [0.15, 0.2) is 11.6 Å². The number of fused-ring (bicyclic) bond motifs is 1. The maximum atomic E-state index is 14.1. The van der Waals surface area contributed by atoms with E-state index in [9.17, 15) is 18.7 Å². The smallest absolute Gasteiger partial charge is 0.200 e. The second-order valence-electron chi connectivity index (χ2n) is 9.92. The highest BCUT2D eigenvalue weighted by atomic mass is 19.2. The Morgan fingerprint density at radius 2 is 1.88 bits per heavy atom. The van der Waals surface area contributed by atoms with Crippen molar-refractivity contribution in [2.75, 3.05) is 13.2 Å². The lowest BCUT2D eigenvalue weighted by atomic mass is 9.88. The van der Waals surface area contributed by atoms with Crippen LogP contribution in [0.4, 0.5) is 8.78 Å². The van der Waals surface area contributed by atoms with E-state index in [0.29, 0.717) is 30.7 Å². The van der Waals surface area contributed by atoms with E-state index in [2.05, 4.69) is 43.4 Å². The molecule has 0 saturated heterocycles. The van der Waals surface area contributed by atoms with Gasteiger partial charge >= 0.3 is 0 Å². The average Bonchev–Trinajstić information content (AvgIpc) is 3.15. The van der Waals surface area contributed by atoms with Crippen LogP contribution in [0.5, 0.6) is 5.75 Å². The molecule has 0 unspecified atom stereocenters. The fraction of sp³-hybridized carbons (Fsp3) is 0.519. The van der Waals surface area contributed by atoms with Crippen LogP contribution in [-0.2, 0) is 24.1 Å². The number of ketones is 1. The van der Waals surface area contributed by atoms with Crippen LogP contribution in [0.15, 0.2) is 36.4 Å². The number of aliphatic hydroxyl groups excluding tert-OH is 1. The maximum Gasteiger partial charge on any atom is 0.200 e. The predicted octanol–water partition coefficient (Wildman–Crippen LogP) is 4.79. The summed E-state index contributed by atoms with van der Waals surface area (Å²) in [5.41, 5.74) is 3.23. The van der Waals surface area contributed by atoms with Crippen LogP contribution in [0.1, 0.15) is 56.7 Å². The maximum absolute atomic E-state index is 14.1. The fourth-order valence-electron chi connectivity index (χ4n) is 4.64. The number of ether oxygens (including phenoxy) is 1. The minimum absolute atomic E-state index is 0.0603. The van der Waals surface area contributed by atoms with Crippen molar-refractivity contribution in [3.63, 3.8) is 0 Å². The molecular formula is C27H35F2NO3. The number of benzene rings is 2. The van der Waals surface area contributed by atoms with Gasteiger partial charge in [-0.2, -0.15) is 4.39 Å². The monoisotopic (exact) mass is 459 g/mol. The fourth-order valence-corrected chi connectivity index (χ4v) is 4.64. The molecule has 1 atom stereocenters. The zero-order valence-corrected chi connectivity index (χ0v) is 19.8. The molecule has 0 aromatic heterocycles. The number of aliphatic hydroxyl groups is 1. The summed E-state index contributed by atoms with van der Waals surface area (Å²) in [5, 5.41) is 13.8. The first-order valence-corrected chi connectivity index (χ1v) is 11.7. The Hall–Kier alpha value is -2.31. The van der Waals surface area contributed by atoms with Gasteiger partial charge in [0.05, 0.1) is 0 Å². The number of carbonyl (C=O) groups excluding carboxylic acids is 1. The third kappa shape index (κ3) is 7.61. The quantitative estimate of drug-likeness (QED) is 0.479. The molecular weight excluding hydrogens is 424 g/mol. The van der Waals surface area contributed by atoms with E-state index in [4.69, 9.17) is 4.74 Å². The summed E-state index contributed by atoms with van der Waals surface area (Å²) in [6.07, 6.45) is 3.65. The van der Waals surface area contributed by atoms with Crippen LogP contribution in [0, 0.1) is 17.6 Å². The normalized spacial score (nSPS) is 14.8. The zero-order chi connectivity index (χ0) is 24.0. The number of rotatable bonds is 12. The Kier molecular flexibility index (Phi) is 8.60. The van der Waals surface area contributed by atoms with Crippen LogP contribution in [0.25, 0.3) is 0 Å². The Labute approximate surface area is 195 Å². The molecule has 3 rings (SSSR count). The summed E-state index contributed by atoms with van der Waals surface area (Å²) in [7, 11) is 0. The van der Waals surface area contributed by atoms with Crippen molar-refractivity contribution in [1.82, 2.24) is 5.32 Å². The molecule has 0 saturated carbocycles. The number of hydrogen-bond acceptors (Lipinski definition) is 4. The summed E-state index contributed by atoms with van der Waals surface area (Å²) in [6, 6.07) is 11.1. The molecule has 1 aliphatic rings. The molecule has 2 N–H and O–H groups in total. The van der Waals surface area contributed by atoms with Crippen LogP contribution >= 0.6 is 0 Å². The van der Waals surface area contributed by atoms with Gasteiger partial charge in [0.25, 0.3) is 0 Å².